The molecule has 0 atom stereocenters. The zero-order valence-electron chi connectivity index (χ0n) is 11.6. The van der Waals surface area contributed by atoms with E-state index in [-0.39, 0.29) is 5.82 Å². The fourth-order valence-electron chi connectivity index (χ4n) is 1.47. The SMILES string of the molecule is CNc1ccc(C(F)(F)F)cc1.O=CNc1cccc(F)c1. The number of hydrogen-bond acceptors (Lipinski definition) is 2. The molecule has 118 valence electrons. The Hall–Kier alpha value is -2.57. The van der Waals surface area contributed by atoms with Gasteiger partial charge < -0.3 is 10.6 Å². The standard InChI is InChI=1S/C8H8F3N.C7H6FNO/c1-12-7-4-2-6(3-5-7)8(9,10)11;8-6-2-1-3-7(4-6)9-5-10/h2-5,12H,1H3;1-5H,(H,9,10). The minimum Gasteiger partial charge on any atom is -0.388 e. The highest BCUT2D eigenvalue weighted by molar-refractivity contribution is 5.70. The molecule has 0 saturated carbocycles. The van der Waals surface area contributed by atoms with Crippen molar-refractivity contribution in [2.75, 3.05) is 17.7 Å². The molecule has 0 radical (unpaired) electrons. The van der Waals surface area contributed by atoms with E-state index >= 15 is 0 Å². The molecule has 3 nitrogen and oxygen atoms in total. The Balaban J connectivity index is 0.000000224. The van der Waals surface area contributed by atoms with Crippen LogP contribution >= 0.6 is 0 Å². The molecule has 0 aliphatic carbocycles. The number of nitrogens with one attached hydrogen (secondary N) is 2. The number of halogens is 4. The highest BCUT2D eigenvalue weighted by Gasteiger charge is 2.29. The zero-order chi connectivity index (χ0) is 16.6. The molecule has 2 aromatic carbocycles. The van der Waals surface area contributed by atoms with Gasteiger partial charge in [-0.25, -0.2) is 4.39 Å². The molecule has 0 aromatic heterocycles. The lowest BCUT2D eigenvalue weighted by atomic mass is 10.2. The van der Waals surface area contributed by atoms with Gasteiger partial charge >= 0.3 is 6.18 Å². The minimum atomic E-state index is -4.24. The monoisotopic (exact) mass is 314 g/mol. The number of carbonyl (C=O) groups is 1. The number of benzene rings is 2. The molecule has 0 spiro atoms. The predicted molar refractivity (Wildman–Crippen MR) is 77.1 cm³/mol. The van der Waals surface area contributed by atoms with E-state index in [9.17, 15) is 22.4 Å². The Labute approximate surface area is 125 Å². The summed E-state index contributed by atoms with van der Waals surface area (Å²) in [7, 11) is 1.66. The molecule has 0 bridgehead atoms. The Bertz CT molecular complexity index is 597. The summed E-state index contributed by atoms with van der Waals surface area (Å²) < 4.78 is 48.3. The summed E-state index contributed by atoms with van der Waals surface area (Å²) in [5.41, 5.74) is 0.513. The minimum absolute atomic E-state index is 0.355. The molecule has 2 rings (SSSR count). The topological polar surface area (TPSA) is 41.1 Å². The molecule has 22 heavy (non-hydrogen) atoms. The van der Waals surface area contributed by atoms with Gasteiger partial charge in [0.05, 0.1) is 5.56 Å². The number of carbonyl (C=O) groups excluding carboxylic acids is 1. The highest BCUT2D eigenvalue weighted by Crippen LogP contribution is 2.29. The maximum atomic E-state index is 12.3. The van der Waals surface area contributed by atoms with Gasteiger partial charge in [0.15, 0.2) is 0 Å². The van der Waals surface area contributed by atoms with Crippen LogP contribution in [0.3, 0.4) is 0 Å². The van der Waals surface area contributed by atoms with Crippen molar-refractivity contribution in [3.8, 4) is 0 Å². The van der Waals surface area contributed by atoms with Crippen LogP contribution in [0.25, 0.3) is 0 Å². The summed E-state index contributed by atoms with van der Waals surface area (Å²) in [6.45, 7) is 0. The average Bonchev–Trinajstić information content (AvgIpc) is 2.47. The van der Waals surface area contributed by atoms with Gasteiger partial charge in [0.25, 0.3) is 0 Å². The molecule has 0 aliphatic heterocycles. The lowest BCUT2D eigenvalue weighted by molar-refractivity contribution is -0.137. The predicted octanol–water partition coefficient (Wildman–Crippen LogP) is 4.14. The second-order valence-electron chi connectivity index (χ2n) is 4.10. The van der Waals surface area contributed by atoms with E-state index in [1.165, 1.54) is 30.3 Å². The molecular weight excluding hydrogens is 300 g/mol. The number of rotatable bonds is 3. The third-order valence-electron chi connectivity index (χ3n) is 2.55. The van der Waals surface area contributed by atoms with E-state index < -0.39 is 11.7 Å². The van der Waals surface area contributed by atoms with Crippen molar-refractivity contribution in [1.82, 2.24) is 0 Å². The van der Waals surface area contributed by atoms with E-state index in [4.69, 9.17) is 0 Å². The molecule has 7 heteroatoms. The maximum Gasteiger partial charge on any atom is 0.416 e. The van der Waals surface area contributed by atoms with Crippen molar-refractivity contribution in [3.05, 3.63) is 59.9 Å². The van der Waals surface area contributed by atoms with Crippen LogP contribution in [-0.4, -0.2) is 13.5 Å². The van der Waals surface area contributed by atoms with Crippen molar-refractivity contribution < 1.29 is 22.4 Å². The van der Waals surface area contributed by atoms with Crippen LogP contribution in [0.2, 0.25) is 0 Å². The number of anilines is 2. The van der Waals surface area contributed by atoms with Crippen molar-refractivity contribution in [3.63, 3.8) is 0 Å². The highest BCUT2D eigenvalue weighted by atomic mass is 19.4. The molecule has 0 fully saturated rings. The van der Waals surface area contributed by atoms with Gasteiger partial charge in [-0.05, 0) is 42.5 Å². The van der Waals surface area contributed by atoms with Crippen molar-refractivity contribution in [1.29, 1.82) is 0 Å². The normalized spacial score (nSPS) is 10.2. The Morgan fingerprint density at radius 1 is 1.00 bits per heavy atom. The number of amides is 1. The first kappa shape index (κ1) is 17.5. The van der Waals surface area contributed by atoms with Gasteiger partial charge in [-0.1, -0.05) is 6.07 Å². The molecule has 2 N–H and O–H groups in total. The van der Waals surface area contributed by atoms with Crippen LogP contribution < -0.4 is 10.6 Å². The number of hydrogen-bond donors (Lipinski definition) is 2. The van der Waals surface area contributed by atoms with Crippen LogP contribution in [-0.2, 0) is 11.0 Å². The largest absolute Gasteiger partial charge is 0.416 e. The summed E-state index contributed by atoms with van der Waals surface area (Å²) in [6, 6.07) is 10.6. The summed E-state index contributed by atoms with van der Waals surface area (Å²) >= 11 is 0. The van der Waals surface area contributed by atoms with E-state index in [1.807, 2.05) is 0 Å². The third-order valence-corrected chi connectivity index (χ3v) is 2.55. The van der Waals surface area contributed by atoms with Gasteiger partial charge in [0.2, 0.25) is 6.41 Å². The Kier molecular flexibility index (Phi) is 6.37. The van der Waals surface area contributed by atoms with Crippen LogP contribution in [0.15, 0.2) is 48.5 Å². The fourth-order valence-corrected chi connectivity index (χ4v) is 1.47. The lowest BCUT2D eigenvalue weighted by Gasteiger charge is -2.06. The third kappa shape index (κ3) is 5.82. The van der Waals surface area contributed by atoms with Crippen LogP contribution in [0.1, 0.15) is 5.56 Å². The Morgan fingerprint density at radius 2 is 1.64 bits per heavy atom. The zero-order valence-corrected chi connectivity index (χ0v) is 11.6. The molecule has 0 unspecified atom stereocenters. The van der Waals surface area contributed by atoms with Gasteiger partial charge in [-0.2, -0.15) is 13.2 Å². The molecule has 2 aromatic rings. The molecule has 1 amide bonds. The first-order valence-corrected chi connectivity index (χ1v) is 6.17. The van der Waals surface area contributed by atoms with Gasteiger partial charge in [-0.15, -0.1) is 0 Å². The maximum absolute atomic E-state index is 12.3. The van der Waals surface area contributed by atoms with Gasteiger partial charge in [0.1, 0.15) is 5.82 Å². The molecular formula is C15H14F4N2O. The summed E-state index contributed by atoms with van der Waals surface area (Å²) in [5, 5.41) is 5.07. The van der Waals surface area contributed by atoms with Crippen LogP contribution in [0.5, 0.6) is 0 Å². The summed E-state index contributed by atoms with van der Waals surface area (Å²) in [5.74, 6) is -0.355. The van der Waals surface area contributed by atoms with Gasteiger partial charge in [-0.3, -0.25) is 4.79 Å². The van der Waals surface area contributed by atoms with E-state index in [2.05, 4.69) is 10.6 Å². The van der Waals surface area contributed by atoms with Crippen LogP contribution in [0, 0.1) is 5.82 Å². The quantitative estimate of drug-likeness (QED) is 0.660. The van der Waals surface area contributed by atoms with Crippen molar-refractivity contribution in [2.45, 2.75) is 6.18 Å². The molecule has 0 heterocycles. The first-order chi connectivity index (χ1) is 10.4. The fraction of sp³-hybridized carbons (Fsp3) is 0.133. The molecule has 0 aliphatic rings. The number of alkyl halides is 3. The van der Waals surface area contributed by atoms with E-state index in [0.29, 0.717) is 17.8 Å². The van der Waals surface area contributed by atoms with Crippen LogP contribution in [0.4, 0.5) is 28.9 Å². The van der Waals surface area contributed by atoms with E-state index in [1.54, 1.807) is 13.1 Å². The lowest BCUT2D eigenvalue weighted by Crippen LogP contribution is -2.04. The average molecular weight is 314 g/mol. The summed E-state index contributed by atoms with van der Waals surface area (Å²) in [4.78, 5) is 9.85. The molecule has 0 saturated heterocycles. The summed E-state index contributed by atoms with van der Waals surface area (Å²) in [6.07, 6.45) is -3.74. The van der Waals surface area contributed by atoms with Crippen molar-refractivity contribution >= 4 is 17.8 Å². The Morgan fingerprint density at radius 3 is 2.09 bits per heavy atom. The first-order valence-electron chi connectivity index (χ1n) is 6.17. The second kappa shape index (κ2) is 8.02. The smallest absolute Gasteiger partial charge is 0.388 e. The van der Waals surface area contributed by atoms with Crippen molar-refractivity contribution in [2.24, 2.45) is 0 Å². The van der Waals surface area contributed by atoms with E-state index in [0.717, 1.165) is 12.1 Å². The second-order valence-corrected chi connectivity index (χ2v) is 4.10. The van der Waals surface area contributed by atoms with Gasteiger partial charge in [0, 0.05) is 18.4 Å².